The van der Waals surface area contributed by atoms with Crippen LogP contribution in [0.2, 0.25) is 0 Å². The quantitative estimate of drug-likeness (QED) is 0.780. The number of hydrogen-bond acceptors (Lipinski definition) is 4. The van der Waals surface area contributed by atoms with E-state index in [1.54, 1.807) is 12.1 Å². The summed E-state index contributed by atoms with van der Waals surface area (Å²) in [4.78, 5) is 2.57. The van der Waals surface area contributed by atoms with Gasteiger partial charge < -0.3 is 15.5 Å². The number of nitrogens with zero attached hydrogens (tertiary/aromatic N) is 1. The summed E-state index contributed by atoms with van der Waals surface area (Å²) in [5.74, 6) is 1.06. The first-order chi connectivity index (χ1) is 10.1. The highest BCUT2D eigenvalue weighted by atomic mass is 16.3. The van der Waals surface area contributed by atoms with Crippen LogP contribution in [0.3, 0.4) is 0 Å². The molecule has 116 valence electrons. The molecule has 1 heterocycles. The lowest BCUT2D eigenvalue weighted by molar-refractivity contribution is 0.151. The van der Waals surface area contributed by atoms with Crippen LogP contribution in [-0.2, 0) is 0 Å². The van der Waals surface area contributed by atoms with Crippen molar-refractivity contribution in [2.45, 2.75) is 44.7 Å². The SMILES string of the molecule is CC(c1cc(O)cc(O)c1)N(CC1CCNCC1)C1CC1. The molecule has 2 aliphatic rings. The number of phenolic OH excluding ortho intramolecular Hbond substituents is 2. The molecule has 1 unspecified atom stereocenters. The van der Waals surface area contributed by atoms with Gasteiger partial charge in [-0.3, -0.25) is 4.90 Å². The van der Waals surface area contributed by atoms with Crippen LogP contribution < -0.4 is 5.32 Å². The number of hydrogen-bond donors (Lipinski definition) is 3. The van der Waals surface area contributed by atoms with Crippen molar-refractivity contribution in [3.8, 4) is 11.5 Å². The maximum absolute atomic E-state index is 9.71. The fourth-order valence-electron chi connectivity index (χ4n) is 3.44. The number of piperidine rings is 1. The number of rotatable bonds is 5. The van der Waals surface area contributed by atoms with Gasteiger partial charge >= 0.3 is 0 Å². The topological polar surface area (TPSA) is 55.7 Å². The molecule has 4 heteroatoms. The van der Waals surface area contributed by atoms with E-state index in [-0.39, 0.29) is 17.5 Å². The fourth-order valence-corrected chi connectivity index (χ4v) is 3.44. The van der Waals surface area contributed by atoms with Crippen LogP contribution in [0.1, 0.15) is 44.2 Å². The lowest BCUT2D eigenvalue weighted by atomic mass is 9.95. The summed E-state index contributed by atoms with van der Waals surface area (Å²) in [6.45, 7) is 5.58. The number of nitrogens with one attached hydrogen (secondary N) is 1. The molecule has 3 N–H and O–H groups in total. The fraction of sp³-hybridized carbons (Fsp3) is 0.647. The predicted molar refractivity (Wildman–Crippen MR) is 83.5 cm³/mol. The standard InChI is InChI=1S/C17H26N2O2/c1-12(14-8-16(20)10-17(21)9-14)19(15-2-3-15)11-13-4-6-18-7-5-13/h8-10,12-13,15,18,20-21H,2-7,11H2,1H3. The zero-order chi connectivity index (χ0) is 14.8. The maximum Gasteiger partial charge on any atom is 0.119 e. The molecule has 1 saturated heterocycles. The molecule has 0 aromatic heterocycles. The summed E-state index contributed by atoms with van der Waals surface area (Å²) in [5.41, 5.74) is 1.01. The number of aromatic hydroxyl groups is 2. The Bertz CT molecular complexity index is 461. The summed E-state index contributed by atoms with van der Waals surface area (Å²) in [7, 11) is 0. The highest BCUT2D eigenvalue weighted by molar-refractivity contribution is 5.38. The van der Waals surface area contributed by atoms with Gasteiger partial charge in [0.1, 0.15) is 11.5 Å². The zero-order valence-corrected chi connectivity index (χ0v) is 12.8. The summed E-state index contributed by atoms with van der Waals surface area (Å²) >= 11 is 0. The lowest BCUT2D eigenvalue weighted by Gasteiger charge is -2.34. The van der Waals surface area contributed by atoms with Crippen molar-refractivity contribution < 1.29 is 10.2 Å². The average molecular weight is 290 g/mol. The molecule has 0 bridgehead atoms. The van der Waals surface area contributed by atoms with E-state index in [4.69, 9.17) is 0 Å². The highest BCUT2D eigenvalue weighted by Gasteiger charge is 2.34. The molecule has 1 aliphatic carbocycles. The van der Waals surface area contributed by atoms with E-state index in [1.807, 2.05) is 0 Å². The Balaban J connectivity index is 1.73. The Hall–Kier alpha value is -1.26. The Kier molecular flexibility index (Phi) is 4.36. The molecule has 1 aliphatic heterocycles. The van der Waals surface area contributed by atoms with Gasteiger partial charge in [-0.2, -0.15) is 0 Å². The lowest BCUT2D eigenvalue weighted by Crippen LogP contribution is -2.38. The average Bonchev–Trinajstić information content (AvgIpc) is 3.29. The first-order valence-corrected chi connectivity index (χ1v) is 8.13. The first kappa shape index (κ1) is 14.7. The molecule has 0 amide bonds. The molecule has 1 saturated carbocycles. The van der Waals surface area contributed by atoms with Crippen LogP contribution in [0.15, 0.2) is 18.2 Å². The third-order valence-corrected chi connectivity index (χ3v) is 4.85. The highest BCUT2D eigenvalue weighted by Crippen LogP contribution is 2.37. The number of phenols is 2. The summed E-state index contributed by atoms with van der Waals surface area (Å²) in [6.07, 6.45) is 5.06. The smallest absolute Gasteiger partial charge is 0.119 e. The van der Waals surface area contributed by atoms with Crippen LogP contribution in [0, 0.1) is 5.92 Å². The summed E-state index contributed by atoms with van der Waals surface area (Å²) < 4.78 is 0. The minimum atomic E-state index is 0.148. The Morgan fingerprint density at radius 2 is 1.71 bits per heavy atom. The van der Waals surface area contributed by atoms with Gasteiger partial charge in [-0.05, 0) is 69.3 Å². The van der Waals surface area contributed by atoms with Gasteiger partial charge in [0.05, 0.1) is 0 Å². The van der Waals surface area contributed by atoms with Gasteiger partial charge in [-0.1, -0.05) is 0 Å². The first-order valence-electron chi connectivity index (χ1n) is 8.13. The Morgan fingerprint density at radius 3 is 2.29 bits per heavy atom. The van der Waals surface area contributed by atoms with E-state index in [0.717, 1.165) is 31.1 Å². The molecule has 1 aromatic rings. The van der Waals surface area contributed by atoms with Gasteiger partial charge in [0.15, 0.2) is 0 Å². The third-order valence-electron chi connectivity index (χ3n) is 4.85. The van der Waals surface area contributed by atoms with Crippen molar-refractivity contribution in [3.63, 3.8) is 0 Å². The molecule has 2 fully saturated rings. The van der Waals surface area contributed by atoms with E-state index in [1.165, 1.54) is 31.7 Å². The van der Waals surface area contributed by atoms with Crippen molar-refractivity contribution in [2.75, 3.05) is 19.6 Å². The minimum Gasteiger partial charge on any atom is -0.508 e. The van der Waals surface area contributed by atoms with Crippen molar-refractivity contribution in [1.82, 2.24) is 10.2 Å². The van der Waals surface area contributed by atoms with Gasteiger partial charge in [0.25, 0.3) is 0 Å². The second-order valence-electron chi connectivity index (χ2n) is 6.58. The normalized spacial score (nSPS) is 21.6. The van der Waals surface area contributed by atoms with Crippen LogP contribution in [0.25, 0.3) is 0 Å². The van der Waals surface area contributed by atoms with E-state index >= 15 is 0 Å². The Morgan fingerprint density at radius 1 is 1.10 bits per heavy atom. The van der Waals surface area contributed by atoms with E-state index in [9.17, 15) is 10.2 Å². The molecule has 0 spiro atoms. The van der Waals surface area contributed by atoms with Crippen LogP contribution >= 0.6 is 0 Å². The second-order valence-corrected chi connectivity index (χ2v) is 6.58. The molecule has 21 heavy (non-hydrogen) atoms. The van der Waals surface area contributed by atoms with Gasteiger partial charge in [-0.25, -0.2) is 0 Å². The largest absolute Gasteiger partial charge is 0.508 e. The van der Waals surface area contributed by atoms with Gasteiger partial charge in [0, 0.05) is 24.7 Å². The van der Waals surface area contributed by atoms with Crippen LogP contribution in [0.5, 0.6) is 11.5 Å². The summed E-state index contributed by atoms with van der Waals surface area (Å²) in [5, 5.41) is 22.9. The van der Waals surface area contributed by atoms with Gasteiger partial charge in [-0.15, -0.1) is 0 Å². The third kappa shape index (κ3) is 3.69. The van der Waals surface area contributed by atoms with Crippen molar-refractivity contribution in [2.24, 2.45) is 5.92 Å². The van der Waals surface area contributed by atoms with Crippen LogP contribution in [-0.4, -0.2) is 40.8 Å². The molecule has 1 aromatic carbocycles. The zero-order valence-electron chi connectivity index (χ0n) is 12.8. The second kappa shape index (κ2) is 6.24. The van der Waals surface area contributed by atoms with E-state index in [0.29, 0.717) is 6.04 Å². The number of benzene rings is 1. The van der Waals surface area contributed by atoms with Gasteiger partial charge in [0.2, 0.25) is 0 Å². The molecular formula is C17H26N2O2. The van der Waals surface area contributed by atoms with E-state index < -0.39 is 0 Å². The summed E-state index contributed by atoms with van der Waals surface area (Å²) in [6, 6.07) is 5.87. The maximum atomic E-state index is 9.71. The van der Waals surface area contributed by atoms with Crippen molar-refractivity contribution in [3.05, 3.63) is 23.8 Å². The Labute approximate surface area is 126 Å². The molecule has 4 nitrogen and oxygen atoms in total. The molecule has 3 rings (SSSR count). The van der Waals surface area contributed by atoms with Crippen LogP contribution in [0.4, 0.5) is 0 Å². The van der Waals surface area contributed by atoms with Crippen molar-refractivity contribution >= 4 is 0 Å². The monoisotopic (exact) mass is 290 g/mol. The predicted octanol–water partition coefficient (Wildman–Crippen LogP) is 2.62. The molecular weight excluding hydrogens is 264 g/mol. The molecule has 0 radical (unpaired) electrons. The minimum absolute atomic E-state index is 0.148. The molecule has 1 atom stereocenters. The van der Waals surface area contributed by atoms with Crippen molar-refractivity contribution in [1.29, 1.82) is 0 Å². The van der Waals surface area contributed by atoms with E-state index in [2.05, 4.69) is 17.1 Å².